The quantitative estimate of drug-likeness (QED) is 0.858. The van der Waals surface area contributed by atoms with Crippen LogP contribution in [0.3, 0.4) is 0 Å². The molecule has 0 fully saturated rings. The average molecular weight is 295 g/mol. The Hall–Kier alpha value is -1.39. The third kappa shape index (κ3) is 4.04. The van der Waals surface area contributed by atoms with E-state index in [1.165, 1.54) is 0 Å². The van der Waals surface area contributed by atoms with Crippen molar-refractivity contribution in [3.05, 3.63) is 50.9 Å². The largest absolute Gasteiger partial charge is 0.352 e. The van der Waals surface area contributed by atoms with Crippen molar-refractivity contribution in [3.8, 4) is 0 Å². The number of carbonyl (C=O) groups excluding carboxylic acids is 1. The van der Waals surface area contributed by atoms with E-state index in [4.69, 9.17) is 11.6 Å². The van der Waals surface area contributed by atoms with Gasteiger partial charge >= 0.3 is 0 Å². The predicted octanol–water partition coefficient (Wildman–Crippen LogP) is 3.47. The lowest BCUT2D eigenvalue weighted by Gasteiger charge is -2.05. The summed E-state index contributed by atoms with van der Waals surface area (Å²) in [7, 11) is 0. The summed E-state index contributed by atoms with van der Waals surface area (Å²) in [6.07, 6.45) is 1.77. The van der Waals surface area contributed by atoms with Crippen LogP contribution in [0.5, 0.6) is 0 Å². The van der Waals surface area contributed by atoms with Crippen molar-refractivity contribution >= 4 is 28.8 Å². The normalized spacial score (nSPS) is 10.4. The number of nitrogens with one attached hydrogen (secondary N) is 1. The zero-order valence-corrected chi connectivity index (χ0v) is 12.2. The van der Waals surface area contributed by atoms with Gasteiger partial charge in [-0.05, 0) is 25.5 Å². The molecule has 1 aromatic carbocycles. The summed E-state index contributed by atoms with van der Waals surface area (Å²) >= 11 is 7.62. The van der Waals surface area contributed by atoms with Crippen LogP contribution in [-0.2, 0) is 6.42 Å². The first-order chi connectivity index (χ1) is 9.16. The van der Waals surface area contributed by atoms with Crippen LogP contribution < -0.4 is 5.32 Å². The smallest absolute Gasteiger partial charge is 0.252 e. The summed E-state index contributed by atoms with van der Waals surface area (Å²) < 4.78 is 0. The maximum absolute atomic E-state index is 11.9. The number of amides is 1. The van der Waals surface area contributed by atoms with Crippen LogP contribution in [0.4, 0.5) is 0 Å². The minimum absolute atomic E-state index is 0.124. The number of hydrogen-bond acceptors (Lipinski definition) is 3. The summed E-state index contributed by atoms with van der Waals surface area (Å²) in [4.78, 5) is 16.3. The Morgan fingerprint density at radius 2 is 2.21 bits per heavy atom. The highest BCUT2D eigenvalue weighted by Gasteiger charge is 2.08. The molecule has 19 heavy (non-hydrogen) atoms. The molecule has 5 heteroatoms. The lowest BCUT2D eigenvalue weighted by atomic mass is 10.2. The number of halogens is 1. The number of aryl methyl sites for hydroxylation is 2. The van der Waals surface area contributed by atoms with Crippen LogP contribution in [0.15, 0.2) is 29.6 Å². The molecule has 0 radical (unpaired) electrons. The minimum Gasteiger partial charge on any atom is -0.352 e. The van der Waals surface area contributed by atoms with E-state index in [0.717, 1.165) is 23.5 Å². The first-order valence-corrected chi connectivity index (χ1v) is 7.36. The number of carbonyl (C=O) groups is 1. The van der Waals surface area contributed by atoms with Gasteiger partial charge in [0.2, 0.25) is 0 Å². The van der Waals surface area contributed by atoms with Gasteiger partial charge in [0, 0.05) is 24.0 Å². The number of aromatic nitrogens is 1. The molecule has 1 aromatic heterocycles. The molecular formula is C14H15ClN2OS. The number of thiazole rings is 1. The van der Waals surface area contributed by atoms with Gasteiger partial charge in [-0.2, -0.15) is 0 Å². The molecule has 0 bridgehead atoms. The SMILES string of the molecule is Cc1csc(CCCNC(=O)c2ccccc2Cl)n1. The molecule has 0 saturated carbocycles. The van der Waals surface area contributed by atoms with Crippen molar-refractivity contribution in [1.82, 2.24) is 10.3 Å². The molecule has 0 atom stereocenters. The number of benzene rings is 1. The molecule has 0 unspecified atom stereocenters. The second kappa shape index (κ2) is 6.68. The lowest BCUT2D eigenvalue weighted by molar-refractivity contribution is 0.0953. The van der Waals surface area contributed by atoms with Crippen molar-refractivity contribution in [3.63, 3.8) is 0 Å². The molecule has 100 valence electrons. The van der Waals surface area contributed by atoms with Gasteiger partial charge in [0.05, 0.1) is 15.6 Å². The van der Waals surface area contributed by atoms with Crippen LogP contribution in [-0.4, -0.2) is 17.4 Å². The van der Waals surface area contributed by atoms with E-state index in [1.807, 2.05) is 18.4 Å². The zero-order valence-electron chi connectivity index (χ0n) is 10.6. The van der Waals surface area contributed by atoms with E-state index in [0.29, 0.717) is 17.1 Å². The minimum atomic E-state index is -0.124. The summed E-state index contributed by atoms with van der Waals surface area (Å²) in [6, 6.07) is 7.06. The van der Waals surface area contributed by atoms with E-state index in [1.54, 1.807) is 29.5 Å². The van der Waals surface area contributed by atoms with Crippen LogP contribution in [0.25, 0.3) is 0 Å². The second-order valence-electron chi connectivity index (χ2n) is 4.22. The van der Waals surface area contributed by atoms with Gasteiger partial charge in [-0.15, -0.1) is 11.3 Å². The van der Waals surface area contributed by atoms with Gasteiger partial charge in [0.1, 0.15) is 0 Å². The first kappa shape index (κ1) is 14.0. The Kier molecular flexibility index (Phi) is 4.93. The van der Waals surface area contributed by atoms with E-state index in [2.05, 4.69) is 10.3 Å². The zero-order chi connectivity index (χ0) is 13.7. The molecule has 1 amide bonds. The Labute approximate surface area is 121 Å². The monoisotopic (exact) mass is 294 g/mol. The highest BCUT2D eigenvalue weighted by atomic mass is 35.5. The second-order valence-corrected chi connectivity index (χ2v) is 5.57. The average Bonchev–Trinajstić information content (AvgIpc) is 2.81. The van der Waals surface area contributed by atoms with E-state index in [-0.39, 0.29) is 5.91 Å². The molecule has 3 nitrogen and oxygen atoms in total. The summed E-state index contributed by atoms with van der Waals surface area (Å²) in [6.45, 7) is 2.61. The first-order valence-electron chi connectivity index (χ1n) is 6.10. The number of hydrogen-bond donors (Lipinski definition) is 1. The third-order valence-electron chi connectivity index (χ3n) is 2.64. The van der Waals surface area contributed by atoms with Crippen LogP contribution in [0.1, 0.15) is 27.5 Å². The third-order valence-corrected chi connectivity index (χ3v) is 3.99. The Morgan fingerprint density at radius 3 is 2.89 bits per heavy atom. The number of nitrogens with zero attached hydrogens (tertiary/aromatic N) is 1. The molecule has 1 heterocycles. The Balaban J connectivity index is 1.77. The highest BCUT2D eigenvalue weighted by molar-refractivity contribution is 7.09. The summed E-state index contributed by atoms with van der Waals surface area (Å²) in [5, 5.41) is 6.51. The van der Waals surface area contributed by atoms with E-state index in [9.17, 15) is 4.79 Å². The fourth-order valence-electron chi connectivity index (χ4n) is 1.70. The van der Waals surface area contributed by atoms with Crippen molar-refractivity contribution in [2.45, 2.75) is 19.8 Å². The molecule has 2 rings (SSSR count). The summed E-state index contributed by atoms with van der Waals surface area (Å²) in [5.41, 5.74) is 1.58. The van der Waals surface area contributed by atoms with Crippen LogP contribution in [0, 0.1) is 6.92 Å². The summed E-state index contributed by atoms with van der Waals surface area (Å²) in [5.74, 6) is -0.124. The number of rotatable bonds is 5. The molecule has 1 N–H and O–H groups in total. The molecule has 0 aliphatic rings. The van der Waals surface area contributed by atoms with Crippen LogP contribution >= 0.6 is 22.9 Å². The van der Waals surface area contributed by atoms with Gasteiger partial charge in [-0.3, -0.25) is 4.79 Å². The van der Waals surface area contributed by atoms with Crippen molar-refractivity contribution < 1.29 is 4.79 Å². The molecular weight excluding hydrogens is 280 g/mol. The Bertz CT molecular complexity index is 568. The topological polar surface area (TPSA) is 42.0 Å². The fraction of sp³-hybridized carbons (Fsp3) is 0.286. The lowest BCUT2D eigenvalue weighted by Crippen LogP contribution is -2.25. The predicted molar refractivity (Wildman–Crippen MR) is 79.0 cm³/mol. The van der Waals surface area contributed by atoms with Gasteiger partial charge in [-0.25, -0.2) is 4.98 Å². The van der Waals surface area contributed by atoms with Gasteiger partial charge in [-0.1, -0.05) is 23.7 Å². The van der Waals surface area contributed by atoms with Crippen LogP contribution in [0.2, 0.25) is 5.02 Å². The molecule has 0 saturated heterocycles. The van der Waals surface area contributed by atoms with Crippen molar-refractivity contribution in [1.29, 1.82) is 0 Å². The van der Waals surface area contributed by atoms with E-state index < -0.39 is 0 Å². The van der Waals surface area contributed by atoms with Gasteiger partial charge in [0.15, 0.2) is 0 Å². The molecule has 0 aliphatic heterocycles. The standard InChI is InChI=1S/C14H15ClN2OS/c1-10-9-19-13(17-10)7-4-8-16-14(18)11-5-2-3-6-12(11)15/h2-3,5-6,9H,4,7-8H2,1H3,(H,16,18). The maximum atomic E-state index is 11.9. The van der Waals surface area contributed by atoms with E-state index >= 15 is 0 Å². The maximum Gasteiger partial charge on any atom is 0.252 e. The van der Waals surface area contributed by atoms with Gasteiger partial charge < -0.3 is 5.32 Å². The van der Waals surface area contributed by atoms with Crippen molar-refractivity contribution in [2.75, 3.05) is 6.54 Å². The van der Waals surface area contributed by atoms with Crippen molar-refractivity contribution in [2.24, 2.45) is 0 Å². The molecule has 2 aromatic rings. The highest BCUT2D eigenvalue weighted by Crippen LogP contribution is 2.14. The van der Waals surface area contributed by atoms with Gasteiger partial charge in [0.25, 0.3) is 5.91 Å². The molecule has 0 aliphatic carbocycles. The molecule has 0 spiro atoms. The fourth-order valence-corrected chi connectivity index (χ4v) is 2.74. The Morgan fingerprint density at radius 1 is 1.42 bits per heavy atom.